The second kappa shape index (κ2) is 7.12. The number of nitrogens with two attached hydrogens (primary N) is 1. The smallest absolute Gasteiger partial charge is 0.243 e. The van der Waals surface area contributed by atoms with Crippen molar-refractivity contribution < 1.29 is 13.5 Å². The average molecular weight is 316 g/mol. The molecule has 20 heavy (non-hydrogen) atoms. The Morgan fingerprint density at radius 1 is 1.45 bits per heavy atom. The van der Waals surface area contributed by atoms with Crippen molar-refractivity contribution in [3.05, 3.63) is 29.8 Å². The minimum atomic E-state index is -3.62. The highest BCUT2D eigenvalue weighted by molar-refractivity contribution is 7.89. The summed E-state index contributed by atoms with van der Waals surface area (Å²) in [6.07, 6.45) is 0.395. The van der Waals surface area contributed by atoms with Crippen LogP contribution in [-0.4, -0.2) is 42.0 Å². The van der Waals surface area contributed by atoms with E-state index in [0.29, 0.717) is 12.0 Å². The number of rotatable bonds is 7. The fourth-order valence-electron chi connectivity index (χ4n) is 1.83. The topological polar surface area (TPSA) is 83.6 Å². The van der Waals surface area contributed by atoms with E-state index in [4.69, 9.17) is 23.1 Å². The van der Waals surface area contributed by atoms with Gasteiger partial charge in [0, 0.05) is 24.8 Å². The highest BCUT2D eigenvalue weighted by Crippen LogP contribution is 2.19. The van der Waals surface area contributed by atoms with Crippen LogP contribution in [0.15, 0.2) is 29.2 Å². The van der Waals surface area contributed by atoms with Crippen LogP contribution in [0.2, 0.25) is 0 Å². The van der Waals surface area contributed by atoms with Gasteiger partial charge in [-0.25, -0.2) is 8.42 Å². The minimum Gasteiger partial charge on any atom is -0.396 e. The minimum absolute atomic E-state index is 0.0499. The third-order valence-corrected chi connectivity index (χ3v) is 5.14. The molecule has 0 bridgehead atoms. The molecule has 5 nitrogen and oxygen atoms in total. The average Bonchev–Trinajstić information content (AvgIpc) is 2.38. The van der Waals surface area contributed by atoms with Gasteiger partial charge in [0.25, 0.3) is 0 Å². The van der Waals surface area contributed by atoms with Gasteiger partial charge >= 0.3 is 0 Å². The van der Waals surface area contributed by atoms with E-state index in [1.165, 1.54) is 16.4 Å². The van der Waals surface area contributed by atoms with E-state index in [-0.39, 0.29) is 29.1 Å². The van der Waals surface area contributed by atoms with Crippen LogP contribution < -0.4 is 5.73 Å². The maximum Gasteiger partial charge on any atom is 0.243 e. The molecule has 0 fully saturated rings. The largest absolute Gasteiger partial charge is 0.396 e. The van der Waals surface area contributed by atoms with Crippen molar-refractivity contribution in [2.45, 2.75) is 31.2 Å². The molecule has 1 aromatic rings. The predicted octanol–water partition coefficient (Wildman–Crippen LogP) is 1.10. The Kier molecular flexibility index (Phi) is 6.07. The third kappa shape index (κ3) is 3.99. The molecule has 1 aromatic carbocycles. The van der Waals surface area contributed by atoms with E-state index < -0.39 is 10.0 Å². The molecule has 0 saturated carbocycles. The van der Waals surface area contributed by atoms with Gasteiger partial charge in [-0.1, -0.05) is 24.4 Å². The van der Waals surface area contributed by atoms with Gasteiger partial charge in [0.2, 0.25) is 10.0 Å². The van der Waals surface area contributed by atoms with Crippen molar-refractivity contribution in [3.63, 3.8) is 0 Å². The van der Waals surface area contributed by atoms with Crippen molar-refractivity contribution in [2.75, 3.05) is 13.2 Å². The van der Waals surface area contributed by atoms with Gasteiger partial charge in [0.1, 0.15) is 4.99 Å². The molecule has 0 aromatic heterocycles. The van der Waals surface area contributed by atoms with Crippen molar-refractivity contribution in [3.8, 4) is 0 Å². The SMILES string of the molecule is CC(C)N(CCCO)S(=O)(=O)c1cccc(C(N)=S)c1. The normalized spacial score (nSPS) is 12.1. The van der Waals surface area contributed by atoms with Crippen molar-refractivity contribution in [1.29, 1.82) is 0 Å². The first-order valence-electron chi connectivity index (χ1n) is 6.33. The molecule has 3 N–H and O–H groups in total. The fourth-order valence-corrected chi connectivity index (χ4v) is 3.68. The van der Waals surface area contributed by atoms with E-state index in [1.807, 2.05) is 0 Å². The quantitative estimate of drug-likeness (QED) is 0.736. The van der Waals surface area contributed by atoms with Gasteiger partial charge in [-0.05, 0) is 32.4 Å². The Morgan fingerprint density at radius 2 is 2.10 bits per heavy atom. The number of hydrogen-bond donors (Lipinski definition) is 2. The van der Waals surface area contributed by atoms with Gasteiger partial charge in [-0.3, -0.25) is 0 Å². The second-order valence-corrected chi connectivity index (χ2v) is 7.01. The summed E-state index contributed by atoms with van der Waals surface area (Å²) < 4.78 is 26.6. The molecule has 0 amide bonds. The van der Waals surface area contributed by atoms with E-state index in [0.717, 1.165) is 0 Å². The van der Waals surface area contributed by atoms with E-state index >= 15 is 0 Å². The summed E-state index contributed by atoms with van der Waals surface area (Å²) in [7, 11) is -3.62. The molecule has 0 radical (unpaired) electrons. The third-order valence-electron chi connectivity index (χ3n) is 2.84. The van der Waals surface area contributed by atoms with Gasteiger partial charge in [-0.2, -0.15) is 4.31 Å². The van der Waals surface area contributed by atoms with Gasteiger partial charge in [-0.15, -0.1) is 0 Å². The maximum atomic E-state index is 12.6. The molecular formula is C13H20N2O3S2. The fraction of sp³-hybridized carbons (Fsp3) is 0.462. The molecular weight excluding hydrogens is 296 g/mol. The lowest BCUT2D eigenvalue weighted by atomic mass is 10.2. The summed E-state index contributed by atoms with van der Waals surface area (Å²) in [4.78, 5) is 0.322. The first-order chi connectivity index (χ1) is 9.30. The van der Waals surface area contributed by atoms with Crippen molar-refractivity contribution in [2.24, 2.45) is 5.73 Å². The molecule has 0 heterocycles. The highest BCUT2D eigenvalue weighted by atomic mass is 32.2. The second-order valence-electron chi connectivity index (χ2n) is 4.68. The predicted molar refractivity (Wildman–Crippen MR) is 83.1 cm³/mol. The molecule has 0 aliphatic rings. The Morgan fingerprint density at radius 3 is 2.60 bits per heavy atom. The summed E-state index contributed by atoms with van der Waals surface area (Å²) in [6, 6.07) is 6.10. The molecule has 7 heteroatoms. The monoisotopic (exact) mass is 316 g/mol. The lowest BCUT2D eigenvalue weighted by Gasteiger charge is -2.25. The van der Waals surface area contributed by atoms with Crippen LogP contribution in [0.5, 0.6) is 0 Å². The number of aliphatic hydroxyl groups is 1. The molecule has 0 aliphatic carbocycles. The van der Waals surface area contributed by atoms with Crippen LogP contribution in [0.25, 0.3) is 0 Å². The lowest BCUT2D eigenvalue weighted by molar-refractivity contribution is 0.258. The van der Waals surface area contributed by atoms with Crippen LogP contribution in [0.1, 0.15) is 25.8 Å². The van der Waals surface area contributed by atoms with Crippen LogP contribution in [0, 0.1) is 0 Å². The number of nitrogens with zero attached hydrogens (tertiary/aromatic N) is 1. The van der Waals surface area contributed by atoms with Crippen molar-refractivity contribution >= 4 is 27.2 Å². The molecule has 1 rings (SSSR count). The zero-order valence-corrected chi connectivity index (χ0v) is 13.2. The Labute approximate surface area is 125 Å². The van der Waals surface area contributed by atoms with Crippen LogP contribution in [-0.2, 0) is 10.0 Å². The maximum absolute atomic E-state index is 12.6. The lowest BCUT2D eigenvalue weighted by Crippen LogP contribution is -2.38. The Bertz CT molecular complexity index is 571. The molecule has 0 aliphatic heterocycles. The first kappa shape index (κ1) is 17.0. The number of sulfonamides is 1. The number of benzene rings is 1. The molecule has 112 valence electrons. The van der Waals surface area contributed by atoms with Gasteiger partial charge < -0.3 is 10.8 Å². The number of aliphatic hydroxyl groups excluding tert-OH is 1. The molecule has 0 spiro atoms. The number of thiocarbonyl (C=S) groups is 1. The summed E-state index contributed by atoms with van der Waals surface area (Å²) in [5.74, 6) is 0. The van der Waals surface area contributed by atoms with E-state index in [1.54, 1.807) is 26.0 Å². The van der Waals surface area contributed by atoms with Crippen LogP contribution >= 0.6 is 12.2 Å². The zero-order chi connectivity index (χ0) is 15.3. The zero-order valence-electron chi connectivity index (χ0n) is 11.6. The summed E-state index contributed by atoms with van der Waals surface area (Å²) in [5, 5.41) is 8.89. The standard InChI is InChI=1S/C13H20N2O3S2/c1-10(2)15(7-4-8-16)20(17,18)12-6-3-5-11(9-12)13(14)19/h3,5-6,9-10,16H,4,7-8H2,1-2H3,(H2,14,19). The first-order valence-corrected chi connectivity index (χ1v) is 8.18. The van der Waals surface area contributed by atoms with Gasteiger partial charge in [0.05, 0.1) is 4.90 Å². The Hall–Kier alpha value is -1.02. The molecule has 0 saturated heterocycles. The van der Waals surface area contributed by atoms with Gasteiger partial charge in [0.15, 0.2) is 0 Å². The van der Waals surface area contributed by atoms with Crippen LogP contribution in [0.4, 0.5) is 0 Å². The highest BCUT2D eigenvalue weighted by Gasteiger charge is 2.26. The summed E-state index contributed by atoms with van der Waals surface area (Å²) in [6.45, 7) is 3.82. The van der Waals surface area contributed by atoms with E-state index in [2.05, 4.69) is 0 Å². The van der Waals surface area contributed by atoms with E-state index in [9.17, 15) is 8.42 Å². The van der Waals surface area contributed by atoms with Crippen molar-refractivity contribution in [1.82, 2.24) is 4.31 Å². The summed E-state index contributed by atoms with van der Waals surface area (Å²) in [5.41, 5.74) is 6.05. The van der Waals surface area contributed by atoms with Crippen LogP contribution in [0.3, 0.4) is 0 Å². The Balaban J connectivity index is 3.19. The summed E-state index contributed by atoms with van der Waals surface area (Å²) >= 11 is 4.87. The number of hydrogen-bond acceptors (Lipinski definition) is 4. The molecule has 0 atom stereocenters. The molecule has 0 unspecified atom stereocenters.